The largest absolute Gasteiger partial charge is 0.356 e. The Morgan fingerprint density at radius 2 is 1.85 bits per heavy atom. The van der Waals surface area contributed by atoms with Crippen LogP contribution in [0.1, 0.15) is 11.1 Å². The molecule has 68 valence electrons. The molecule has 13 heavy (non-hydrogen) atoms. The average Bonchev–Trinajstić information content (AvgIpc) is 2.03. The highest BCUT2D eigenvalue weighted by molar-refractivity contribution is 5.72. The lowest BCUT2D eigenvalue weighted by Gasteiger charge is -2.00. The summed E-state index contributed by atoms with van der Waals surface area (Å²) in [6, 6.07) is 4.96. The first-order valence-electron chi connectivity index (χ1n) is 3.88. The Kier molecular flexibility index (Phi) is 2.74. The molecule has 2 amide bonds. The van der Waals surface area contributed by atoms with E-state index in [2.05, 4.69) is 10.2 Å². The van der Waals surface area contributed by atoms with E-state index in [1.165, 1.54) is 0 Å². The summed E-state index contributed by atoms with van der Waals surface area (Å²) in [6.07, 6.45) is 0. The average molecular weight is 177 g/mol. The molecule has 0 radical (unpaired) electrons. The number of benzene rings is 1. The van der Waals surface area contributed by atoms with Gasteiger partial charge in [0.1, 0.15) is 0 Å². The second kappa shape index (κ2) is 3.80. The molecule has 0 unspecified atom stereocenters. The molecule has 0 saturated heterocycles. The van der Waals surface area contributed by atoms with Gasteiger partial charge < -0.3 is 5.73 Å². The topological polar surface area (TPSA) is 67.8 Å². The number of amides is 2. The number of hydrogen-bond donors (Lipinski definition) is 1. The Morgan fingerprint density at radius 3 is 2.31 bits per heavy atom. The van der Waals surface area contributed by atoms with Crippen molar-refractivity contribution < 1.29 is 4.79 Å². The normalized spacial score (nSPS) is 10.6. The number of hydrogen-bond acceptors (Lipinski definition) is 2. The highest BCUT2D eigenvalue weighted by Gasteiger charge is 1.99. The van der Waals surface area contributed by atoms with E-state index in [0.717, 1.165) is 11.1 Å². The molecule has 4 heteroatoms. The SMILES string of the molecule is Cc1cccc(C)c1N=NC(N)=O. The molecule has 0 fully saturated rings. The Balaban J connectivity index is 3.06. The van der Waals surface area contributed by atoms with Gasteiger partial charge in [0.05, 0.1) is 5.69 Å². The summed E-state index contributed by atoms with van der Waals surface area (Å²) in [5.41, 5.74) is 7.50. The maximum Gasteiger partial charge on any atom is 0.356 e. The zero-order valence-corrected chi connectivity index (χ0v) is 7.61. The highest BCUT2D eigenvalue weighted by atomic mass is 16.2. The van der Waals surface area contributed by atoms with E-state index in [1.54, 1.807) is 0 Å². The molecule has 1 aromatic rings. The molecule has 0 saturated carbocycles. The lowest BCUT2D eigenvalue weighted by Crippen LogP contribution is -2.02. The van der Waals surface area contributed by atoms with Gasteiger partial charge in [-0.25, -0.2) is 4.79 Å². The molecule has 0 spiro atoms. The number of aryl methyl sites for hydroxylation is 2. The van der Waals surface area contributed by atoms with Gasteiger partial charge in [-0.05, 0) is 25.0 Å². The molecule has 4 nitrogen and oxygen atoms in total. The quantitative estimate of drug-likeness (QED) is 0.658. The van der Waals surface area contributed by atoms with Crippen LogP contribution in [0.5, 0.6) is 0 Å². The third-order valence-electron chi connectivity index (χ3n) is 1.69. The van der Waals surface area contributed by atoms with E-state index in [-0.39, 0.29) is 0 Å². The Labute approximate surface area is 76.5 Å². The zero-order chi connectivity index (χ0) is 9.84. The number of nitrogens with two attached hydrogens (primary N) is 1. The summed E-state index contributed by atoms with van der Waals surface area (Å²) in [5, 5.41) is 7.04. The van der Waals surface area contributed by atoms with Crippen LogP contribution in [0.4, 0.5) is 10.5 Å². The van der Waals surface area contributed by atoms with Crippen molar-refractivity contribution in [2.45, 2.75) is 13.8 Å². The molecule has 0 heterocycles. The van der Waals surface area contributed by atoms with Crippen molar-refractivity contribution in [1.29, 1.82) is 0 Å². The molecular weight excluding hydrogens is 166 g/mol. The Morgan fingerprint density at radius 1 is 1.31 bits per heavy atom. The van der Waals surface area contributed by atoms with Crippen LogP contribution in [-0.2, 0) is 0 Å². The van der Waals surface area contributed by atoms with Crippen molar-refractivity contribution >= 4 is 11.7 Å². The Hall–Kier alpha value is -1.71. The number of urea groups is 1. The summed E-state index contributed by atoms with van der Waals surface area (Å²) >= 11 is 0. The van der Waals surface area contributed by atoms with Gasteiger partial charge in [0.15, 0.2) is 0 Å². The number of rotatable bonds is 1. The lowest BCUT2D eigenvalue weighted by molar-refractivity contribution is 0.255. The summed E-state index contributed by atoms with van der Waals surface area (Å²) in [7, 11) is 0. The van der Waals surface area contributed by atoms with E-state index < -0.39 is 6.03 Å². The van der Waals surface area contributed by atoms with Gasteiger partial charge in [0.2, 0.25) is 0 Å². The molecule has 0 bridgehead atoms. The summed E-state index contributed by atoms with van der Waals surface area (Å²) < 4.78 is 0. The maximum atomic E-state index is 10.4. The molecule has 1 rings (SSSR count). The minimum atomic E-state index is -0.775. The number of carbonyl (C=O) groups is 1. The molecule has 1 aromatic carbocycles. The van der Waals surface area contributed by atoms with Gasteiger partial charge in [-0.15, -0.1) is 5.11 Å². The van der Waals surface area contributed by atoms with Crippen LogP contribution in [0.25, 0.3) is 0 Å². The smallest absolute Gasteiger partial charge is 0.348 e. The van der Waals surface area contributed by atoms with E-state index in [0.29, 0.717) is 5.69 Å². The van der Waals surface area contributed by atoms with E-state index in [4.69, 9.17) is 5.73 Å². The fraction of sp³-hybridized carbons (Fsp3) is 0.222. The number of nitrogens with zero attached hydrogens (tertiary/aromatic N) is 2. The van der Waals surface area contributed by atoms with Crippen LogP contribution < -0.4 is 5.73 Å². The van der Waals surface area contributed by atoms with E-state index >= 15 is 0 Å². The standard InChI is InChI=1S/C9H11N3O/c1-6-4-3-5-7(2)8(6)11-12-9(10)13/h3-5H,1-2H3,(H2,10,13). The van der Waals surface area contributed by atoms with Gasteiger partial charge in [-0.2, -0.15) is 0 Å². The molecule has 0 aliphatic carbocycles. The first-order valence-corrected chi connectivity index (χ1v) is 3.88. The zero-order valence-electron chi connectivity index (χ0n) is 7.61. The van der Waals surface area contributed by atoms with Crippen molar-refractivity contribution in [2.24, 2.45) is 16.0 Å². The lowest BCUT2D eigenvalue weighted by atomic mass is 10.1. The first kappa shape index (κ1) is 9.38. The Bertz CT molecular complexity index is 338. The summed E-state index contributed by atoms with van der Waals surface area (Å²) in [4.78, 5) is 10.4. The van der Waals surface area contributed by atoms with Gasteiger partial charge in [0, 0.05) is 0 Å². The van der Waals surface area contributed by atoms with Crippen molar-refractivity contribution in [1.82, 2.24) is 0 Å². The predicted octanol–water partition coefficient (Wildman–Crippen LogP) is 2.47. The second-order valence-electron chi connectivity index (χ2n) is 2.78. The number of azo groups is 1. The molecular formula is C9H11N3O. The summed E-state index contributed by atoms with van der Waals surface area (Å²) in [6.45, 7) is 3.81. The van der Waals surface area contributed by atoms with Crippen LogP contribution in [0.2, 0.25) is 0 Å². The van der Waals surface area contributed by atoms with Gasteiger partial charge in [0.25, 0.3) is 0 Å². The van der Waals surface area contributed by atoms with Crippen molar-refractivity contribution in [3.63, 3.8) is 0 Å². The third-order valence-corrected chi connectivity index (χ3v) is 1.69. The predicted molar refractivity (Wildman–Crippen MR) is 50.0 cm³/mol. The van der Waals surface area contributed by atoms with Crippen LogP contribution >= 0.6 is 0 Å². The maximum absolute atomic E-state index is 10.4. The molecule has 0 aromatic heterocycles. The van der Waals surface area contributed by atoms with Crippen LogP contribution in [0.3, 0.4) is 0 Å². The molecule has 2 N–H and O–H groups in total. The monoisotopic (exact) mass is 177 g/mol. The third kappa shape index (κ3) is 2.37. The fourth-order valence-electron chi connectivity index (χ4n) is 1.06. The molecule has 0 aliphatic heterocycles. The molecule has 0 aliphatic rings. The van der Waals surface area contributed by atoms with Crippen molar-refractivity contribution in [2.75, 3.05) is 0 Å². The van der Waals surface area contributed by atoms with Gasteiger partial charge in [-0.3, -0.25) is 0 Å². The minimum absolute atomic E-state index is 0.710. The van der Waals surface area contributed by atoms with Crippen LogP contribution in [0, 0.1) is 13.8 Å². The minimum Gasteiger partial charge on any atom is -0.348 e. The van der Waals surface area contributed by atoms with Gasteiger partial charge >= 0.3 is 6.03 Å². The molecule has 0 atom stereocenters. The first-order chi connectivity index (χ1) is 6.11. The summed E-state index contributed by atoms with van der Waals surface area (Å²) in [5.74, 6) is 0. The number of carbonyl (C=O) groups excluding carboxylic acids is 1. The highest BCUT2D eigenvalue weighted by Crippen LogP contribution is 2.22. The second-order valence-corrected chi connectivity index (χ2v) is 2.78. The van der Waals surface area contributed by atoms with Crippen molar-refractivity contribution in [3.05, 3.63) is 29.3 Å². The van der Waals surface area contributed by atoms with Crippen molar-refractivity contribution in [3.8, 4) is 0 Å². The fourth-order valence-corrected chi connectivity index (χ4v) is 1.06. The van der Waals surface area contributed by atoms with E-state index in [9.17, 15) is 4.79 Å². The van der Waals surface area contributed by atoms with Crippen LogP contribution in [0.15, 0.2) is 28.4 Å². The number of primary amides is 1. The van der Waals surface area contributed by atoms with Crippen LogP contribution in [-0.4, -0.2) is 6.03 Å². The van der Waals surface area contributed by atoms with Gasteiger partial charge in [-0.1, -0.05) is 23.3 Å². The van der Waals surface area contributed by atoms with E-state index in [1.807, 2.05) is 32.0 Å².